The molecule has 3 aromatic rings. The molecule has 9 heteroatoms. The molecule has 1 heterocycles. The van der Waals surface area contributed by atoms with Crippen LogP contribution in [-0.4, -0.2) is 30.2 Å². The lowest BCUT2D eigenvalue weighted by Gasteiger charge is -2.08. The van der Waals surface area contributed by atoms with Crippen LogP contribution in [0.5, 0.6) is 11.5 Å². The number of ether oxygens (including phenoxy) is 2. The number of nitrogens with zero attached hydrogens (tertiary/aromatic N) is 1. The van der Waals surface area contributed by atoms with Crippen molar-refractivity contribution in [3.8, 4) is 22.8 Å². The van der Waals surface area contributed by atoms with Gasteiger partial charge in [-0.1, -0.05) is 0 Å². The zero-order valence-electron chi connectivity index (χ0n) is 15.0. The molecule has 0 spiro atoms. The van der Waals surface area contributed by atoms with Crippen molar-refractivity contribution < 1.29 is 18.7 Å². The molecule has 6 nitrogen and oxygen atoms in total. The Morgan fingerprint density at radius 3 is 2.54 bits per heavy atom. The molecule has 0 saturated carbocycles. The van der Waals surface area contributed by atoms with Gasteiger partial charge in [0.05, 0.1) is 19.9 Å². The first kappa shape index (κ1) is 19.7. The largest absolute Gasteiger partial charge is 0.497 e. The van der Waals surface area contributed by atoms with E-state index in [-0.39, 0.29) is 16.8 Å². The van der Waals surface area contributed by atoms with Crippen molar-refractivity contribution in [1.29, 1.82) is 0 Å². The SMILES string of the molecule is COc1ccc(C(=O)NC(=S)Nc2nc(-c3ccc(OC)c(F)c3)cs2)cc1. The van der Waals surface area contributed by atoms with Gasteiger partial charge in [0.1, 0.15) is 5.75 Å². The highest BCUT2D eigenvalue weighted by Crippen LogP contribution is 2.28. The van der Waals surface area contributed by atoms with E-state index >= 15 is 0 Å². The standard InChI is InChI=1S/C19H16FN3O3S2/c1-25-13-6-3-11(4-7-13)17(24)22-18(27)23-19-21-15(10-28-19)12-5-8-16(26-2)14(20)9-12/h3-10H,1-2H3,(H2,21,22,23,24,27). The quantitative estimate of drug-likeness (QED) is 0.609. The van der Waals surface area contributed by atoms with E-state index in [0.717, 1.165) is 0 Å². The number of thiazole rings is 1. The number of rotatable bonds is 5. The van der Waals surface area contributed by atoms with Gasteiger partial charge in [-0.3, -0.25) is 10.1 Å². The molecule has 0 saturated heterocycles. The Bertz CT molecular complexity index is 1010. The van der Waals surface area contributed by atoms with Gasteiger partial charge in [0.2, 0.25) is 0 Å². The van der Waals surface area contributed by atoms with Gasteiger partial charge in [0.25, 0.3) is 5.91 Å². The molecule has 0 aliphatic carbocycles. The van der Waals surface area contributed by atoms with Gasteiger partial charge in [-0.05, 0) is 54.7 Å². The van der Waals surface area contributed by atoms with Crippen LogP contribution in [-0.2, 0) is 0 Å². The van der Waals surface area contributed by atoms with Crippen molar-refractivity contribution in [1.82, 2.24) is 10.3 Å². The normalized spacial score (nSPS) is 10.2. The summed E-state index contributed by atoms with van der Waals surface area (Å²) in [6.07, 6.45) is 0. The molecule has 144 valence electrons. The van der Waals surface area contributed by atoms with Crippen LogP contribution >= 0.6 is 23.6 Å². The summed E-state index contributed by atoms with van der Waals surface area (Å²) >= 11 is 6.45. The Morgan fingerprint density at radius 2 is 1.89 bits per heavy atom. The zero-order valence-corrected chi connectivity index (χ0v) is 16.6. The van der Waals surface area contributed by atoms with Crippen molar-refractivity contribution >= 4 is 39.7 Å². The van der Waals surface area contributed by atoms with Gasteiger partial charge in [-0.2, -0.15) is 0 Å². The van der Waals surface area contributed by atoms with E-state index in [2.05, 4.69) is 15.6 Å². The van der Waals surface area contributed by atoms with E-state index in [9.17, 15) is 9.18 Å². The van der Waals surface area contributed by atoms with Crippen LogP contribution in [0.2, 0.25) is 0 Å². The van der Waals surface area contributed by atoms with Crippen molar-refractivity contribution in [3.63, 3.8) is 0 Å². The van der Waals surface area contributed by atoms with Gasteiger partial charge in [-0.25, -0.2) is 9.37 Å². The summed E-state index contributed by atoms with van der Waals surface area (Å²) in [6, 6.07) is 11.2. The summed E-state index contributed by atoms with van der Waals surface area (Å²) in [5.74, 6) is 0.00114. The summed E-state index contributed by atoms with van der Waals surface area (Å²) in [6.45, 7) is 0. The number of amides is 1. The predicted molar refractivity (Wildman–Crippen MR) is 111 cm³/mol. The van der Waals surface area contributed by atoms with Gasteiger partial charge >= 0.3 is 0 Å². The molecule has 0 bridgehead atoms. The fourth-order valence-corrected chi connectivity index (χ4v) is 3.31. The summed E-state index contributed by atoms with van der Waals surface area (Å²) in [5, 5.41) is 7.80. The van der Waals surface area contributed by atoms with Gasteiger partial charge in [0.15, 0.2) is 21.8 Å². The number of aromatic nitrogens is 1. The number of carbonyl (C=O) groups excluding carboxylic acids is 1. The number of thiocarbonyl (C=S) groups is 1. The maximum atomic E-state index is 13.9. The Hall–Kier alpha value is -3.04. The highest BCUT2D eigenvalue weighted by molar-refractivity contribution is 7.80. The first-order chi connectivity index (χ1) is 13.5. The van der Waals surface area contributed by atoms with Crippen LogP contribution in [0.3, 0.4) is 0 Å². The van der Waals surface area contributed by atoms with Crippen LogP contribution in [0.1, 0.15) is 10.4 Å². The molecule has 0 aliphatic heterocycles. The van der Waals surface area contributed by atoms with E-state index < -0.39 is 5.82 Å². The van der Waals surface area contributed by atoms with Crippen LogP contribution in [0.25, 0.3) is 11.3 Å². The molecule has 1 aromatic heterocycles. The minimum absolute atomic E-state index is 0.114. The molecule has 0 radical (unpaired) electrons. The van der Waals surface area contributed by atoms with E-state index in [0.29, 0.717) is 27.7 Å². The number of nitrogens with one attached hydrogen (secondary N) is 2. The van der Waals surface area contributed by atoms with Gasteiger partial charge in [-0.15, -0.1) is 11.3 Å². The van der Waals surface area contributed by atoms with E-state index in [1.165, 1.54) is 30.6 Å². The Morgan fingerprint density at radius 1 is 1.14 bits per heavy atom. The summed E-state index contributed by atoms with van der Waals surface area (Å²) < 4.78 is 23.8. The topological polar surface area (TPSA) is 72.5 Å². The number of anilines is 1. The minimum Gasteiger partial charge on any atom is -0.497 e. The number of hydrogen-bond acceptors (Lipinski definition) is 6. The molecule has 28 heavy (non-hydrogen) atoms. The molecule has 0 atom stereocenters. The molecular formula is C19H16FN3O3S2. The lowest BCUT2D eigenvalue weighted by Crippen LogP contribution is -2.34. The van der Waals surface area contributed by atoms with E-state index in [4.69, 9.17) is 21.7 Å². The van der Waals surface area contributed by atoms with Crippen molar-refractivity contribution in [2.24, 2.45) is 0 Å². The third-order valence-electron chi connectivity index (χ3n) is 3.75. The van der Waals surface area contributed by atoms with Crippen molar-refractivity contribution in [3.05, 3.63) is 59.2 Å². The molecule has 0 aliphatic rings. The molecule has 0 unspecified atom stereocenters. The first-order valence-corrected chi connectivity index (χ1v) is 9.34. The second-order valence-electron chi connectivity index (χ2n) is 5.52. The molecule has 1 amide bonds. The highest BCUT2D eigenvalue weighted by atomic mass is 32.1. The van der Waals surface area contributed by atoms with E-state index in [1.54, 1.807) is 42.8 Å². The fourth-order valence-electron chi connectivity index (χ4n) is 2.34. The third kappa shape index (κ3) is 4.62. The summed E-state index contributed by atoms with van der Waals surface area (Å²) in [5.41, 5.74) is 1.63. The molecule has 0 fully saturated rings. The number of hydrogen-bond donors (Lipinski definition) is 2. The van der Waals surface area contributed by atoms with Crippen LogP contribution in [0.15, 0.2) is 47.8 Å². The lowest BCUT2D eigenvalue weighted by molar-refractivity contribution is 0.0977. The summed E-state index contributed by atoms with van der Waals surface area (Å²) in [7, 11) is 2.96. The van der Waals surface area contributed by atoms with Crippen LogP contribution in [0.4, 0.5) is 9.52 Å². The monoisotopic (exact) mass is 417 g/mol. The Balaban J connectivity index is 1.63. The number of halogens is 1. The first-order valence-electron chi connectivity index (χ1n) is 8.06. The number of benzene rings is 2. The Labute approximate surface area is 170 Å². The highest BCUT2D eigenvalue weighted by Gasteiger charge is 2.12. The second kappa shape index (κ2) is 8.77. The molecule has 2 N–H and O–H groups in total. The van der Waals surface area contributed by atoms with Crippen LogP contribution in [0, 0.1) is 5.82 Å². The van der Waals surface area contributed by atoms with E-state index in [1.807, 2.05) is 0 Å². The maximum Gasteiger partial charge on any atom is 0.257 e. The zero-order chi connectivity index (χ0) is 20.1. The second-order valence-corrected chi connectivity index (χ2v) is 6.79. The van der Waals surface area contributed by atoms with Gasteiger partial charge < -0.3 is 14.8 Å². The van der Waals surface area contributed by atoms with Crippen molar-refractivity contribution in [2.75, 3.05) is 19.5 Å². The van der Waals surface area contributed by atoms with Gasteiger partial charge in [0, 0.05) is 16.5 Å². The molecular weight excluding hydrogens is 401 g/mol. The molecule has 2 aromatic carbocycles. The number of carbonyl (C=O) groups is 1. The molecule has 3 rings (SSSR count). The Kier molecular flexibility index (Phi) is 6.17. The fraction of sp³-hybridized carbons (Fsp3) is 0.105. The average Bonchev–Trinajstić information content (AvgIpc) is 3.16. The third-order valence-corrected chi connectivity index (χ3v) is 4.71. The average molecular weight is 417 g/mol. The predicted octanol–water partition coefficient (Wildman–Crippen LogP) is 4.09. The van der Waals surface area contributed by atoms with Crippen LogP contribution < -0.4 is 20.1 Å². The number of methoxy groups -OCH3 is 2. The maximum absolute atomic E-state index is 13.9. The lowest BCUT2D eigenvalue weighted by atomic mass is 10.1. The smallest absolute Gasteiger partial charge is 0.257 e. The summed E-state index contributed by atoms with van der Waals surface area (Å²) in [4.78, 5) is 16.6. The van der Waals surface area contributed by atoms with Crippen molar-refractivity contribution in [2.45, 2.75) is 0 Å². The minimum atomic E-state index is -0.468.